The lowest BCUT2D eigenvalue weighted by Crippen LogP contribution is -2.32. The Morgan fingerprint density at radius 2 is 2.25 bits per heavy atom. The van der Waals surface area contributed by atoms with Gasteiger partial charge in [-0.2, -0.15) is 0 Å². The quantitative estimate of drug-likeness (QED) is 0.658. The summed E-state index contributed by atoms with van der Waals surface area (Å²) in [5, 5.41) is 23.2. The molecule has 1 aliphatic carbocycles. The van der Waals surface area contributed by atoms with E-state index in [1.54, 1.807) is 0 Å². The molecule has 2 N–H and O–H groups in total. The van der Waals surface area contributed by atoms with Crippen molar-refractivity contribution in [2.45, 2.75) is 25.4 Å². The number of aliphatic hydroxyl groups excluding tert-OH is 1. The lowest BCUT2D eigenvalue weighted by molar-refractivity contribution is -0.385. The predicted octanol–water partition coefficient (Wildman–Crippen LogP) is 2.14. The molecule has 0 spiro atoms. The standard InChI is InChI=1S/C13H15ClN2O4/c14-10-5-2-4-9(12(10)16(19)20)13(18)15-7-8-3-1-6-11(8)17/h2,4-5,8,11,17H,1,3,6-7H2,(H,15,18). The Bertz CT molecular complexity index is 535. The van der Waals surface area contributed by atoms with E-state index in [4.69, 9.17) is 11.6 Å². The fraction of sp³-hybridized carbons (Fsp3) is 0.462. The number of nitrogens with zero attached hydrogens (tertiary/aromatic N) is 1. The van der Waals surface area contributed by atoms with Gasteiger partial charge in [0.05, 0.1) is 11.0 Å². The molecule has 1 aliphatic rings. The summed E-state index contributed by atoms with van der Waals surface area (Å²) >= 11 is 5.76. The first-order valence-corrected chi connectivity index (χ1v) is 6.77. The number of nitrogens with one attached hydrogen (secondary N) is 1. The zero-order valence-electron chi connectivity index (χ0n) is 10.7. The molecule has 1 fully saturated rings. The number of hydrogen-bond acceptors (Lipinski definition) is 4. The van der Waals surface area contributed by atoms with E-state index < -0.39 is 22.6 Å². The molecule has 0 aliphatic heterocycles. The van der Waals surface area contributed by atoms with Crippen molar-refractivity contribution >= 4 is 23.2 Å². The van der Waals surface area contributed by atoms with Crippen molar-refractivity contribution in [3.05, 3.63) is 38.9 Å². The second kappa shape index (κ2) is 6.19. The van der Waals surface area contributed by atoms with E-state index >= 15 is 0 Å². The predicted molar refractivity (Wildman–Crippen MR) is 73.8 cm³/mol. The number of carbonyl (C=O) groups excluding carboxylic acids is 1. The number of rotatable bonds is 4. The van der Waals surface area contributed by atoms with Gasteiger partial charge < -0.3 is 10.4 Å². The van der Waals surface area contributed by atoms with Crippen LogP contribution < -0.4 is 5.32 Å². The van der Waals surface area contributed by atoms with Crippen molar-refractivity contribution in [2.75, 3.05) is 6.54 Å². The van der Waals surface area contributed by atoms with Gasteiger partial charge in [-0.25, -0.2) is 0 Å². The summed E-state index contributed by atoms with van der Waals surface area (Å²) in [6.07, 6.45) is 2.10. The van der Waals surface area contributed by atoms with E-state index in [2.05, 4.69) is 5.32 Å². The molecule has 1 saturated carbocycles. The van der Waals surface area contributed by atoms with Crippen LogP contribution >= 0.6 is 11.6 Å². The van der Waals surface area contributed by atoms with Gasteiger partial charge in [-0.1, -0.05) is 24.1 Å². The molecular weight excluding hydrogens is 284 g/mol. The van der Waals surface area contributed by atoms with Gasteiger partial charge in [0, 0.05) is 12.5 Å². The maximum atomic E-state index is 12.0. The second-order valence-electron chi connectivity index (χ2n) is 4.86. The van der Waals surface area contributed by atoms with Crippen molar-refractivity contribution in [1.29, 1.82) is 0 Å². The summed E-state index contributed by atoms with van der Waals surface area (Å²) in [7, 11) is 0. The molecule has 2 atom stereocenters. The van der Waals surface area contributed by atoms with E-state index in [0.29, 0.717) is 6.54 Å². The number of aliphatic hydroxyl groups is 1. The topological polar surface area (TPSA) is 92.5 Å². The summed E-state index contributed by atoms with van der Waals surface area (Å²) in [4.78, 5) is 22.3. The van der Waals surface area contributed by atoms with Crippen molar-refractivity contribution in [1.82, 2.24) is 5.32 Å². The average molecular weight is 299 g/mol. The molecule has 108 valence electrons. The van der Waals surface area contributed by atoms with Crippen LogP contribution in [0.1, 0.15) is 29.6 Å². The molecule has 20 heavy (non-hydrogen) atoms. The maximum Gasteiger partial charge on any atom is 0.300 e. The van der Waals surface area contributed by atoms with Gasteiger partial charge in [0.1, 0.15) is 10.6 Å². The molecule has 0 saturated heterocycles. The molecule has 1 aromatic rings. The van der Waals surface area contributed by atoms with Crippen molar-refractivity contribution in [3.8, 4) is 0 Å². The van der Waals surface area contributed by atoms with Crippen molar-refractivity contribution in [2.24, 2.45) is 5.92 Å². The number of nitro groups is 1. The van der Waals surface area contributed by atoms with Gasteiger partial charge in [0.15, 0.2) is 0 Å². The third-order valence-corrected chi connectivity index (χ3v) is 3.86. The molecule has 0 radical (unpaired) electrons. The summed E-state index contributed by atoms with van der Waals surface area (Å²) in [5.41, 5.74) is -0.450. The Morgan fingerprint density at radius 3 is 2.85 bits per heavy atom. The maximum absolute atomic E-state index is 12.0. The number of halogens is 1. The van der Waals surface area contributed by atoms with Gasteiger partial charge in [-0.05, 0) is 25.0 Å². The highest BCUT2D eigenvalue weighted by Crippen LogP contribution is 2.28. The van der Waals surface area contributed by atoms with Crippen LogP contribution in [0.2, 0.25) is 5.02 Å². The van der Waals surface area contributed by atoms with Crippen LogP contribution in [0, 0.1) is 16.0 Å². The lowest BCUT2D eigenvalue weighted by atomic mass is 10.1. The van der Waals surface area contributed by atoms with E-state index in [9.17, 15) is 20.0 Å². The van der Waals surface area contributed by atoms with E-state index in [1.807, 2.05) is 0 Å². The number of hydrogen-bond donors (Lipinski definition) is 2. The third kappa shape index (κ3) is 3.08. The first-order valence-electron chi connectivity index (χ1n) is 6.40. The van der Waals surface area contributed by atoms with Crippen molar-refractivity contribution < 1.29 is 14.8 Å². The fourth-order valence-corrected chi connectivity index (χ4v) is 2.70. The zero-order chi connectivity index (χ0) is 14.7. The minimum atomic E-state index is -0.665. The number of para-hydroxylation sites is 1. The summed E-state index contributed by atoms with van der Waals surface area (Å²) < 4.78 is 0. The molecule has 1 aromatic carbocycles. The normalized spacial score (nSPS) is 21.7. The van der Waals surface area contributed by atoms with Crippen LogP contribution in [0.4, 0.5) is 5.69 Å². The number of amides is 1. The molecule has 1 amide bonds. The SMILES string of the molecule is O=C(NCC1CCCC1O)c1cccc(Cl)c1[N+](=O)[O-]. The monoisotopic (exact) mass is 298 g/mol. The Balaban J connectivity index is 2.09. The first-order chi connectivity index (χ1) is 9.50. The average Bonchev–Trinajstić information content (AvgIpc) is 2.80. The summed E-state index contributed by atoms with van der Waals surface area (Å²) in [6, 6.07) is 4.23. The van der Waals surface area contributed by atoms with Gasteiger partial charge in [-0.15, -0.1) is 0 Å². The first kappa shape index (κ1) is 14.7. The molecule has 7 heteroatoms. The number of carbonyl (C=O) groups is 1. The Hall–Kier alpha value is -1.66. The van der Waals surface area contributed by atoms with Gasteiger partial charge in [0.2, 0.25) is 0 Å². The van der Waals surface area contributed by atoms with Crippen LogP contribution in [0.15, 0.2) is 18.2 Å². The molecule has 0 bridgehead atoms. The highest BCUT2D eigenvalue weighted by Gasteiger charge is 2.27. The van der Waals surface area contributed by atoms with Crippen LogP contribution in [0.3, 0.4) is 0 Å². The molecule has 2 unspecified atom stereocenters. The second-order valence-corrected chi connectivity index (χ2v) is 5.27. The van der Waals surface area contributed by atoms with Crippen LogP contribution in [-0.4, -0.2) is 28.6 Å². The Morgan fingerprint density at radius 1 is 1.50 bits per heavy atom. The minimum Gasteiger partial charge on any atom is -0.393 e. The highest BCUT2D eigenvalue weighted by molar-refractivity contribution is 6.33. The molecular formula is C13H15ClN2O4. The highest BCUT2D eigenvalue weighted by atomic mass is 35.5. The van der Waals surface area contributed by atoms with Gasteiger partial charge >= 0.3 is 5.69 Å². The number of nitro benzene ring substituents is 1. The van der Waals surface area contributed by atoms with Crippen molar-refractivity contribution in [3.63, 3.8) is 0 Å². The van der Waals surface area contributed by atoms with E-state index in [0.717, 1.165) is 19.3 Å². The summed E-state index contributed by atoms with van der Waals surface area (Å²) in [5.74, 6) is -0.532. The van der Waals surface area contributed by atoms with E-state index in [1.165, 1.54) is 18.2 Å². The fourth-order valence-electron chi connectivity index (χ4n) is 2.46. The van der Waals surface area contributed by atoms with Gasteiger partial charge in [0.25, 0.3) is 5.91 Å². The smallest absolute Gasteiger partial charge is 0.300 e. The molecule has 0 aromatic heterocycles. The van der Waals surface area contributed by atoms with Crippen LogP contribution in [-0.2, 0) is 0 Å². The Labute approximate surface area is 120 Å². The lowest BCUT2D eigenvalue weighted by Gasteiger charge is -2.15. The van der Waals surface area contributed by atoms with Crippen LogP contribution in [0.5, 0.6) is 0 Å². The largest absolute Gasteiger partial charge is 0.393 e. The zero-order valence-corrected chi connectivity index (χ0v) is 11.5. The minimum absolute atomic E-state index is 0.0113. The number of benzene rings is 1. The third-order valence-electron chi connectivity index (χ3n) is 3.56. The molecule has 6 nitrogen and oxygen atoms in total. The van der Waals surface area contributed by atoms with Gasteiger partial charge in [-0.3, -0.25) is 14.9 Å². The molecule has 0 heterocycles. The summed E-state index contributed by atoms with van der Waals surface area (Å²) in [6.45, 7) is 0.309. The molecule has 2 rings (SSSR count). The Kier molecular flexibility index (Phi) is 4.57. The van der Waals surface area contributed by atoms with Crippen LogP contribution in [0.25, 0.3) is 0 Å². The van der Waals surface area contributed by atoms with E-state index in [-0.39, 0.29) is 16.5 Å².